The zero-order valence-corrected chi connectivity index (χ0v) is 8.16. The van der Waals surface area contributed by atoms with Crippen molar-refractivity contribution in [3.63, 3.8) is 0 Å². The largest absolute Gasteiger partial charge is 0.481 e. The highest BCUT2D eigenvalue weighted by Crippen LogP contribution is 2.34. The van der Waals surface area contributed by atoms with E-state index < -0.39 is 11.9 Å². The van der Waals surface area contributed by atoms with Crippen LogP contribution in [0.4, 0.5) is 5.69 Å². The minimum atomic E-state index is -0.862. The van der Waals surface area contributed by atoms with Gasteiger partial charge in [0, 0.05) is 12.2 Å². The fourth-order valence-corrected chi connectivity index (χ4v) is 2.06. The Labute approximate surface area is 86.7 Å². The number of fused-ring (bicyclic) bond motifs is 1. The number of carboxylic acids is 1. The Hall–Kier alpha value is -1.22. The first kappa shape index (κ1) is 9.34. The summed E-state index contributed by atoms with van der Waals surface area (Å²) >= 11 is 5.96. The number of anilines is 1. The summed E-state index contributed by atoms with van der Waals surface area (Å²) < 4.78 is 0. The third-order valence-corrected chi connectivity index (χ3v) is 2.82. The van der Waals surface area contributed by atoms with E-state index in [1.807, 2.05) is 18.2 Å². The molecule has 0 fully saturated rings. The van der Waals surface area contributed by atoms with Gasteiger partial charge in [-0.1, -0.05) is 18.2 Å². The van der Waals surface area contributed by atoms with E-state index in [9.17, 15) is 4.79 Å². The van der Waals surface area contributed by atoms with Gasteiger partial charge >= 0.3 is 5.97 Å². The molecule has 2 N–H and O–H groups in total. The standard InChI is InChI=1S/C10H10ClNO2/c11-7-5-12-8-4-2-1-3-6(8)9(7)10(13)14/h1-4,7,9,12H,5H2,(H,13,14). The summed E-state index contributed by atoms with van der Waals surface area (Å²) in [5, 5.41) is 11.8. The normalized spacial score (nSPS) is 24.9. The minimum Gasteiger partial charge on any atom is -0.481 e. The fraction of sp³-hybridized carbons (Fsp3) is 0.300. The first-order valence-corrected chi connectivity index (χ1v) is 4.83. The Morgan fingerprint density at radius 2 is 2.21 bits per heavy atom. The number of alkyl halides is 1. The number of rotatable bonds is 1. The quantitative estimate of drug-likeness (QED) is 0.698. The van der Waals surface area contributed by atoms with Crippen LogP contribution in [-0.2, 0) is 4.79 Å². The van der Waals surface area contributed by atoms with Crippen molar-refractivity contribution >= 4 is 23.3 Å². The van der Waals surface area contributed by atoms with Gasteiger partial charge in [0.25, 0.3) is 0 Å². The van der Waals surface area contributed by atoms with Crippen molar-refractivity contribution in [2.45, 2.75) is 11.3 Å². The van der Waals surface area contributed by atoms with Crippen molar-refractivity contribution in [3.8, 4) is 0 Å². The maximum atomic E-state index is 11.0. The predicted octanol–water partition coefficient (Wildman–Crippen LogP) is 1.89. The van der Waals surface area contributed by atoms with Crippen LogP contribution >= 0.6 is 11.6 Å². The highest BCUT2D eigenvalue weighted by molar-refractivity contribution is 6.23. The lowest BCUT2D eigenvalue weighted by molar-refractivity contribution is -0.138. The van der Waals surface area contributed by atoms with Crippen molar-refractivity contribution < 1.29 is 9.90 Å². The summed E-state index contributed by atoms with van der Waals surface area (Å²) in [7, 11) is 0. The molecule has 1 aliphatic rings. The number of carbonyl (C=O) groups is 1. The minimum absolute atomic E-state index is 0.387. The van der Waals surface area contributed by atoms with E-state index in [2.05, 4.69) is 5.32 Å². The van der Waals surface area contributed by atoms with Crippen LogP contribution < -0.4 is 5.32 Å². The Morgan fingerprint density at radius 1 is 1.50 bits per heavy atom. The Bertz CT molecular complexity index is 367. The van der Waals surface area contributed by atoms with Crippen LogP contribution in [0, 0.1) is 0 Å². The van der Waals surface area contributed by atoms with Crippen LogP contribution in [0.2, 0.25) is 0 Å². The number of halogens is 1. The van der Waals surface area contributed by atoms with Gasteiger partial charge in [0.2, 0.25) is 0 Å². The smallest absolute Gasteiger partial charge is 0.312 e. The molecule has 2 unspecified atom stereocenters. The van der Waals surface area contributed by atoms with Gasteiger partial charge in [0.1, 0.15) is 5.92 Å². The van der Waals surface area contributed by atoms with Gasteiger partial charge in [-0.2, -0.15) is 0 Å². The highest BCUT2D eigenvalue weighted by atomic mass is 35.5. The molecule has 4 heteroatoms. The summed E-state index contributed by atoms with van der Waals surface area (Å²) in [5.74, 6) is -1.46. The van der Waals surface area contributed by atoms with Crippen molar-refractivity contribution in [2.24, 2.45) is 0 Å². The second-order valence-corrected chi connectivity index (χ2v) is 3.86. The Morgan fingerprint density at radius 3 is 2.93 bits per heavy atom. The molecule has 14 heavy (non-hydrogen) atoms. The van der Waals surface area contributed by atoms with Crippen molar-refractivity contribution in [2.75, 3.05) is 11.9 Å². The van der Waals surface area contributed by atoms with Gasteiger partial charge in [-0.25, -0.2) is 0 Å². The number of hydrogen-bond acceptors (Lipinski definition) is 2. The molecular formula is C10H10ClNO2. The van der Waals surface area contributed by atoms with E-state index in [1.165, 1.54) is 0 Å². The lowest BCUT2D eigenvalue weighted by atomic mass is 9.91. The average Bonchev–Trinajstić information content (AvgIpc) is 2.17. The zero-order valence-electron chi connectivity index (χ0n) is 7.40. The molecule has 0 bridgehead atoms. The van der Waals surface area contributed by atoms with E-state index in [0.29, 0.717) is 6.54 Å². The molecular weight excluding hydrogens is 202 g/mol. The molecule has 0 saturated carbocycles. The van der Waals surface area contributed by atoms with Gasteiger partial charge in [-0.15, -0.1) is 11.6 Å². The molecule has 0 spiro atoms. The third-order valence-electron chi connectivity index (χ3n) is 2.41. The van der Waals surface area contributed by atoms with Crippen LogP contribution in [0.1, 0.15) is 11.5 Å². The average molecular weight is 212 g/mol. The molecule has 1 aliphatic heterocycles. The number of carboxylic acid groups (broad SMARTS) is 1. The molecule has 0 saturated heterocycles. The number of para-hydroxylation sites is 1. The molecule has 0 amide bonds. The van der Waals surface area contributed by atoms with Crippen LogP contribution in [0.15, 0.2) is 24.3 Å². The van der Waals surface area contributed by atoms with Crippen molar-refractivity contribution in [3.05, 3.63) is 29.8 Å². The first-order chi connectivity index (χ1) is 6.70. The molecule has 1 heterocycles. The molecule has 2 rings (SSSR count). The van der Waals surface area contributed by atoms with Gasteiger partial charge in [0.05, 0.1) is 5.38 Å². The van der Waals surface area contributed by atoms with E-state index in [-0.39, 0.29) is 5.38 Å². The molecule has 3 nitrogen and oxygen atoms in total. The lowest BCUT2D eigenvalue weighted by Gasteiger charge is -2.27. The SMILES string of the molecule is O=C(O)C1c2ccccc2NCC1Cl. The van der Waals surface area contributed by atoms with Gasteiger partial charge < -0.3 is 10.4 Å². The maximum Gasteiger partial charge on any atom is 0.312 e. The molecule has 1 aromatic rings. The van der Waals surface area contributed by atoms with Crippen LogP contribution in [0.5, 0.6) is 0 Å². The van der Waals surface area contributed by atoms with Gasteiger partial charge in [-0.05, 0) is 11.6 Å². The third kappa shape index (κ3) is 1.44. The molecule has 0 radical (unpaired) electrons. The van der Waals surface area contributed by atoms with Crippen molar-refractivity contribution in [1.29, 1.82) is 0 Å². The van der Waals surface area contributed by atoms with Crippen molar-refractivity contribution in [1.82, 2.24) is 0 Å². The highest BCUT2D eigenvalue weighted by Gasteiger charge is 2.33. The second kappa shape index (κ2) is 3.50. The first-order valence-electron chi connectivity index (χ1n) is 4.40. The maximum absolute atomic E-state index is 11.0. The number of nitrogens with one attached hydrogen (secondary N) is 1. The van der Waals surface area contributed by atoms with Crippen LogP contribution in [-0.4, -0.2) is 23.0 Å². The van der Waals surface area contributed by atoms with E-state index in [4.69, 9.17) is 16.7 Å². The summed E-state index contributed by atoms with van der Waals surface area (Å²) in [6.45, 7) is 0.496. The second-order valence-electron chi connectivity index (χ2n) is 3.30. The Balaban J connectivity index is 2.46. The van der Waals surface area contributed by atoms with Crippen LogP contribution in [0.3, 0.4) is 0 Å². The van der Waals surface area contributed by atoms with Crippen LogP contribution in [0.25, 0.3) is 0 Å². The zero-order chi connectivity index (χ0) is 10.1. The van der Waals surface area contributed by atoms with Gasteiger partial charge in [0.15, 0.2) is 0 Å². The molecule has 0 aromatic heterocycles. The summed E-state index contributed by atoms with van der Waals surface area (Å²) in [5.41, 5.74) is 1.64. The van der Waals surface area contributed by atoms with E-state index in [0.717, 1.165) is 11.3 Å². The number of hydrogen-bond donors (Lipinski definition) is 2. The fourth-order valence-electron chi connectivity index (χ4n) is 1.74. The van der Waals surface area contributed by atoms with Gasteiger partial charge in [-0.3, -0.25) is 4.79 Å². The Kier molecular flexibility index (Phi) is 2.33. The monoisotopic (exact) mass is 211 g/mol. The molecule has 74 valence electrons. The molecule has 2 atom stereocenters. The predicted molar refractivity (Wildman–Crippen MR) is 54.9 cm³/mol. The lowest BCUT2D eigenvalue weighted by Crippen LogP contribution is -2.33. The molecule has 1 aromatic carbocycles. The summed E-state index contributed by atoms with van der Waals surface area (Å²) in [6.07, 6.45) is 0. The summed E-state index contributed by atoms with van der Waals surface area (Å²) in [4.78, 5) is 11.0. The summed E-state index contributed by atoms with van der Waals surface area (Å²) in [6, 6.07) is 7.37. The number of benzene rings is 1. The van der Waals surface area contributed by atoms with E-state index in [1.54, 1.807) is 6.07 Å². The number of aliphatic carboxylic acids is 1. The topological polar surface area (TPSA) is 49.3 Å². The van der Waals surface area contributed by atoms with E-state index >= 15 is 0 Å². The molecule has 0 aliphatic carbocycles.